The molecule has 2 rings (SSSR count). The van der Waals surface area contributed by atoms with Crippen molar-refractivity contribution >= 4 is 5.69 Å². The van der Waals surface area contributed by atoms with Crippen LogP contribution in [0, 0.1) is 6.92 Å². The van der Waals surface area contributed by atoms with Gasteiger partial charge < -0.3 is 15.2 Å². The molecule has 1 saturated heterocycles. The van der Waals surface area contributed by atoms with E-state index in [0.29, 0.717) is 18.2 Å². The lowest BCUT2D eigenvalue weighted by molar-refractivity contribution is 0.0651. The third-order valence-electron chi connectivity index (χ3n) is 2.64. The maximum Gasteiger partial charge on any atom is 0.235 e. The van der Waals surface area contributed by atoms with Gasteiger partial charge in [0.1, 0.15) is 12.3 Å². The van der Waals surface area contributed by atoms with Crippen molar-refractivity contribution in [2.24, 2.45) is 7.05 Å². The Balaban J connectivity index is 1.97. The summed E-state index contributed by atoms with van der Waals surface area (Å²) < 4.78 is 12.8. The second kappa shape index (κ2) is 4.10. The number of aryl methyl sites for hydroxylation is 2. The quantitative estimate of drug-likeness (QED) is 0.805. The Morgan fingerprint density at radius 2 is 2.47 bits per heavy atom. The molecule has 1 aromatic rings. The minimum Gasteiger partial charge on any atom is -0.474 e. The highest BCUT2D eigenvalue weighted by atomic mass is 16.5. The minimum atomic E-state index is 0.208. The maximum absolute atomic E-state index is 5.84. The second-order valence-corrected chi connectivity index (χ2v) is 3.87. The molecule has 2 heterocycles. The number of rotatable bonds is 3. The van der Waals surface area contributed by atoms with E-state index in [9.17, 15) is 0 Å². The Morgan fingerprint density at radius 1 is 1.67 bits per heavy atom. The molecule has 5 nitrogen and oxygen atoms in total. The molecule has 15 heavy (non-hydrogen) atoms. The van der Waals surface area contributed by atoms with Gasteiger partial charge in [0.2, 0.25) is 5.88 Å². The molecule has 0 spiro atoms. The number of nitrogen functional groups attached to an aromatic ring is 1. The summed E-state index contributed by atoms with van der Waals surface area (Å²) in [4.78, 5) is 0. The molecule has 0 amide bonds. The van der Waals surface area contributed by atoms with Gasteiger partial charge in [0.05, 0.1) is 11.8 Å². The first-order valence-electron chi connectivity index (χ1n) is 5.22. The lowest BCUT2D eigenvalue weighted by Crippen LogP contribution is -2.17. The lowest BCUT2D eigenvalue weighted by atomic mass is 10.2. The number of nitrogens with two attached hydrogens (primary N) is 1. The normalized spacial score (nSPS) is 20.8. The Kier molecular flexibility index (Phi) is 2.81. The molecule has 1 aliphatic heterocycles. The van der Waals surface area contributed by atoms with Crippen molar-refractivity contribution < 1.29 is 9.47 Å². The largest absolute Gasteiger partial charge is 0.474 e. The monoisotopic (exact) mass is 211 g/mol. The molecule has 0 radical (unpaired) electrons. The standard InChI is InChI=1S/C10H17N3O2/c1-7-9(11)10(13(2)12-7)15-6-8-4-3-5-14-8/h8H,3-6,11H2,1-2H3. The molecule has 84 valence electrons. The fourth-order valence-electron chi connectivity index (χ4n) is 1.77. The molecule has 1 unspecified atom stereocenters. The summed E-state index contributed by atoms with van der Waals surface area (Å²) in [5, 5.41) is 4.18. The minimum absolute atomic E-state index is 0.208. The van der Waals surface area contributed by atoms with Gasteiger partial charge in [-0.05, 0) is 19.8 Å². The van der Waals surface area contributed by atoms with E-state index >= 15 is 0 Å². The van der Waals surface area contributed by atoms with E-state index in [1.54, 1.807) is 4.68 Å². The van der Waals surface area contributed by atoms with Crippen LogP contribution < -0.4 is 10.5 Å². The molecule has 0 aliphatic carbocycles. The van der Waals surface area contributed by atoms with Gasteiger partial charge in [-0.1, -0.05) is 0 Å². The molecule has 1 atom stereocenters. The van der Waals surface area contributed by atoms with Crippen molar-refractivity contribution in [1.82, 2.24) is 9.78 Å². The summed E-state index contributed by atoms with van der Waals surface area (Å²) in [6, 6.07) is 0. The van der Waals surface area contributed by atoms with Gasteiger partial charge in [-0.15, -0.1) is 0 Å². The number of hydrogen-bond donors (Lipinski definition) is 1. The Labute approximate surface area is 89.2 Å². The van der Waals surface area contributed by atoms with E-state index in [1.807, 2.05) is 14.0 Å². The molecule has 0 bridgehead atoms. The van der Waals surface area contributed by atoms with Crippen LogP contribution >= 0.6 is 0 Å². The van der Waals surface area contributed by atoms with E-state index in [1.165, 1.54) is 0 Å². The van der Waals surface area contributed by atoms with Gasteiger partial charge in [0.25, 0.3) is 0 Å². The zero-order chi connectivity index (χ0) is 10.8. The van der Waals surface area contributed by atoms with Crippen molar-refractivity contribution in [2.75, 3.05) is 18.9 Å². The Hall–Kier alpha value is -1.23. The summed E-state index contributed by atoms with van der Waals surface area (Å²) in [6.07, 6.45) is 2.39. The SMILES string of the molecule is Cc1nn(C)c(OCC2CCCO2)c1N. The highest BCUT2D eigenvalue weighted by Crippen LogP contribution is 2.24. The summed E-state index contributed by atoms with van der Waals surface area (Å²) >= 11 is 0. The van der Waals surface area contributed by atoms with E-state index in [2.05, 4.69) is 5.10 Å². The average molecular weight is 211 g/mol. The van der Waals surface area contributed by atoms with Crippen LogP contribution in [0.3, 0.4) is 0 Å². The third kappa shape index (κ3) is 2.07. The molecule has 0 saturated carbocycles. The van der Waals surface area contributed by atoms with E-state index in [0.717, 1.165) is 25.1 Å². The second-order valence-electron chi connectivity index (χ2n) is 3.87. The smallest absolute Gasteiger partial charge is 0.235 e. The summed E-state index contributed by atoms with van der Waals surface area (Å²) in [7, 11) is 1.83. The van der Waals surface area contributed by atoms with Gasteiger partial charge in [-0.2, -0.15) is 5.10 Å². The van der Waals surface area contributed by atoms with Crippen molar-refractivity contribution in [3.8, 4) is 5.88 Å². The Bertz CT molecular complexity index is 343. The van der Waals surface area contributed by atoms with Gasteiger partial charge in [0, 0.05) is 13.7 Å². The van der Waals surface area contributed by atoms with Crippen LogP contribution in [0.25, 0.3) is 0 Å². The third-order valence-corrected chi connectivity index (χ3v) is 2.64. The van der Waals surface area contributed by atoms with Crippen LogP contribution in [0.15, 0.2) is 0 Å². The van der Waals surface area contributed by atoms with Gasteiger partial charge in [0.15, 0.2) is 0 Å². The zero-order valence-electron chi connectivity index (χ0n) is 9.19. The molecular formula is C10H17N3O2. The van der Waals surface area contributed by atoms with Crippen LogP contribution in [-0.4, -0.2) is 29.1 Å². The molecule has 1 fully saturated rings. The topological polar surface area (TPSA) is 62.3 Å². The zero-order valence-corrected chi connectivity index (χ0v) is 9.19. The van der Waals surface area contributed by atoms with Crippen LogP contribution in [-0.2, 0) is 11.8 Å². The molecule has 2 N–H and O–H groups in total. The van der Waals surface area contributed by atoms with Gasteiger partial charge >= 0.3 is 0 Å². The van der Waals surface area contributed by atoms with Crippen LogP contribution in [0.1, 0.15) is 18.5 Å². The molecule has 1 aromatic heterocycles. The predicted octanol–water partition coefficient (Wildman–Crippen LogP) is 0.869. The summed E-state index contributed by atoms with van der Waals surface area (Å²) in [6.45, 7) is 3.27. The van der Waals surface area contributed by atoms with Crippen molar-refractivity contribution in [3.63, 3.8) is 0 Å². The first-order chi connectivity index (χ1) is 7.18. The molecule has 0 aromatic carbocycles. The lowest BCUT2D eigenvalue weighted by Gasteiger charge is -2.11. The van der Waals surface area contributed by atoms with Crippen molar-refractivity contribution in [2.45, 2.75) is 25.9 Å². The first-order valence-corrected chi connectivity index (χ1v) is 5.22. The summed E-state index contributed by atoms with van der Waals surface area (Å²) in [5.41, 5.74) is 7.27. The number of ether oxygens (including phenoxy) is 2. The van der Waals surface area contributed by atoms with Crippen molar-refractivity contribution in [3.05, 3.63) is 5.69 Å². The van der Waals surface area contributed by atoms with Gasteiger partial charge in [-0.3, -0.25) is 0 Å². The number of anilines is 1. The van der Waals surface area contributed by atoms with Crippen LogP contribution in [0.4, 0.5) is 5.69 Å². The number of nitrogens with zero attached hydrogens (tertiary/aromatic N) is 2. The van der Waals surface area contributed by atoms with Crippen LogP contribution in [0.5, 0.6) is 5.88 Å². The van der Waals surface area contributed by atoms with Crippen molar-refractivity contribution in [1.29, 1.82) is 0 Å². The van der Waals surface area contributed by atoms with E-state index in [4.69, 9.17) is 15.2 Å². The highest BCUT2D eigenvalue weighted by molar-refractivity contribution is 5.52. The predicted molar refractivity (Wildman–Crippen MR) is 56.8 cm³/mol. The number of aromatic nitrogens is 2. The number of hydrogen-bond acceptors (Lipinski definition) is 4. The average Bonchev–Trinajstić information content (AvgIpc) is 2.76. The fraction of sp³-hybridized carbons (Fsp3) is 0.700. The van der Waals surface area contributed by atoms with Crippen LogP contribution in [0.2, 0.25) is 0 Å². The van der Waals surface area contributed by atoms with E-state index in [-0.39, 0.29) is 6.10 Å². The highest BCUT2D eigenvalue weighted by Gasteiger charge is 2.18. The molecule has 1 aliphatic rings. The fourth-order valence-corrected chi connectivity index (χ4v) is 1.77. The summed E-state index contributed by atoms with van der Waals surface area (Å²) in [5.74, 6) is 0.642. The molecule has 5 heteroatoms. The first kappa shape index (κ1) is 10.3. The Morgan fingerprint density at radius 3 is 3.00 bits per heavy atom. The molecular weight excluding hydrogens is 194 g/mol. The van der Waals surface area contributed by atoms with E-state index < -0.39 is 0 Å². The maximum atomic E-state index is 5.84. The van der Waals surface area contributed by atoms with Gasteiger partial charge in [-0.25, -0.2) is 4.68 Å².